The molecule has 7 nitrogen and oxygen atoms in total. The topological polar surface area (TPSA) is 75.2 Å². The van der Waals surface area contributed by atoms with Crippen LogP contribution in [0.2, 0.25) is 0 Å². The van der Waals surface area contributed by atoms with E-state index in [1.165, 1.54) is 11.0 Å². The molecule has 0 spiro atoms. The molecule has 0 aliphatic heterocycles. The fraction of sp³-hybridized carbons (Fsp3) is 0.529. The van der Waals surface area contributed by atoms with Gasteiger partial charge in [0.25, 0.3) is 0 Å². The van der Waals surface area contributed by atoms with E-state index in [9.17, 15) is 13.6 Å². The van der Waals surface area contributed by atoms with Gasteiger partial charge in [-0.15, -0.1) is 0 Å². The van der Waals surface area contributed by atoms with E-state index in [2.05, 4.69) is 20.4 Å². The van der Waals surface area contributed by atoms with Crippen LogP contribution in [0.25, 0.3) is 0 Å². The minimum atomic E-state index is -2.92. The first kappa shape index (κ1) is 21.5. The number of amides is 1. The van der Waals surface area contributed by atoms with Gasteiger partial charge in [-0.25, -0.2) is 4.99 Å². The molecule has 0 bridgehead atoms. The molecule has 0 aliphatic carbocycles. The molecule has 0 saturated carbocycles. The maximum atomic E-state index is 12.4. The van der Waals surface area contributed by atoms with Crippen LogP contribution in [-0.4, -0.2) is 57.2 Å². The minimum Gasteiger partial charge on any atom is -0.490 e. The van der Waals surface area contributed by atoms with Gasteiger partial charge >= 0.3 is 6.61 Å². The Bertz CT molecular complexity index is 610. The highest BCUT2D eigenvalue weighted by Gasteiger charge is 2.12. The Morgan fingerprint density at radius 2 is 1.96 bits per heavy atom. The number of carbonyl (C=O) groups excluding carboxylic acids is 1. The number of halogens is 2. The van der Waals surface area contributed by atoms with E-state index < -0.39 is 6.61 Å². The van der Waals surface area contributed by atoms with Gasteiger partial charge in [0.1, 0.15) is 0 Å². The second kappa shape index (κ2) is 11.1. The van der Waals surface area contributed by atoms with E-state index in [1.807, 2.05) is 6.92 Å². The molecule has 1 amide bonds. The third-order valence-electron chi connectivity index (χ3n) is 3.19. The molecular weight excluding hydrogens is 346 g/mol. The molecule has 0 atom stereocenters. The van der Waals surface area contributed by atoms with E-state index in [4.69, 9.17) is 4.74 Å². The maximum Gasteiger partial charge on any atom is 0.387 e. The summed E-state index contributed by atoms with van der Waals surface area (Å²) in [5, 5.41) is 5.98. The second-order valence-electron chi connectivity index (χ2n) is 5.43. The summed E-state index contributed by atoms with van der Waals surface area (Å²) < 4.78 is 34.7. The molecule has 9 heteroatoms. The highest BCUT2D eigenvalue weighted by Crippen LogP contribution is 2.30. The molecule has 0 radical (unpaired) electrons. The molecular formula is C17H26F2N4O3. The van der Waals surface area contributed by atoms with Crippen molar-refractivity contribution in [1.29, 1.82) is 0 Å². The van der Waals surface area contributed by atoms with Gasteiger partial charge in [0, 0.05) is 20.6 Å². The van der Waals surface area contributed by atoms with E-state index in [0.717, 1.165) is 5.56 Å². The number of hydrogen-bond donors (Lipinski definition) is 2. The van der Waals surface area contributed by atoms with Gasteiger partial charge < -0.3 is 25.0 Å². The van der Waals surface area contributed by atoms with Crippen LogP contribution in [0.3, 0.4) is 0 Å². The van der Waals surface area contributed by atoms with Crippen LogP contribution in [0.1, 0.15) is 19.4 Å². The largest absolute Gasteiger partial charge is 0.490 e. The van der Waals surface area contributed by atoms with Crippen molar-refractivity contribution in [3.63, 3.8) is 0 Å². The second-order valence-corrected chi connectivity index (χ2v) is 5.43. The lowest BCUT2D eigenvalue weighted by Crippen LogP contribution is -2.42. The molecule has 0 aliphatic rings. The number of alkyl halides is 2. The number of benzene rings is 1. The molecule has 1 rings (SSSR count). The zero-order valence-corrected chi connectivity index (χ0v) is 15.5. The van der Waals surface area contributed by atoms with Gasteiger partial charge in [0.05, 0.1) is 19.7 Å². The van der Waals surface area contributed by atoms with Crippen molar-refractivity contribution in [1.82, 2.24) is 15.5 Å². The third-order valence-corrected chi connectivity index (χ3v) is 3.19. The zero-order valence-electron chi connectivity index (χ0n) is 15.5. The molecule has 0 unspecified atom stereocenters. The Hall–Kier alpha value is -2.58. The van der Waals surface area contributed by atoms with Crippen molar-refractivity contribution in [2.45, 2.75) is 27.0 Å². The van der Waals surface area contributed by atoms with Crippen LogP contribution in [0, 0.1) is 0 Å². The van der Waals surface area contributed by atoms with Crippen molar-refractivity contribution >= 4 is 11.9 Å². The highest BCUT2D eigenvalue weighted by atomic mass is 19.3. The van der Waals surface area contributed by atoms with Crippen molar-refractivity contribution in [2.75, 3.05) is 33.8 Å². The highest BCUT2D eigenvalue weighted by molar-refractivity contribution is 5.86. The molecule has 1 aromatic rings. The van der Waals surface area contributed by atoms with Crippen molar-refractivity contribution in [3.05, 3.63) is 23.8 Å². The average Bonchev–Trinajstić information content (AvgIpc) is 2.58. The van der Waals surface area contributed by atoms with Crippen LogP contribution in [0.5, 0.6) is 11.5 Å². The Balaban J connectivity index is 2.84. The Labute approximate surface area is 152 Å². The van der Waals surface area contributed by atoms with E-state index in [0.29, 0.717) is 19.1 Å². The van der Waals surface area contributed by atoms with Crippen LogP contribution in [0.4, 0.5) is 8.78 Å². The maximum absolute atomic E-state index is 12.4. The SMILES string of the molecule is CCNC(=NCc1ccc(OC(F)F)c(OCC)c1)NCC(=O)N(C)C. The smallest absolute Gasteiger partial charge is 0.387 e. The first-order valence-electron chi connectivity index (χ1n) is 8.30. The number of hydrogen-bond acceptors (Lipinski definition) is 4. The summed E-state index contributed by atoms with van der Waals surface area (Å²) in [7, 11) is 3.35. The summed E-state index contributed by atoms with van der Waals surface area (Å²) in [6.07, 6.45) is 0. The Morgan fingerprint density at radius 1 is 1.23 bits per heavy atom. The lowest BCUT2D eigenvalue weighted by Gasteiger charge is -2.14. The average molecular weight is 372 g/mol. The molecule has 0 fully saturated rings. The summed E-state index contributed by atoms with van der Waals surface area (Å²) in [5.41, 5.74) is 0.756. The van der Waals surface area contributed by atoms with Gasteiger partial charge in [-0.1, -0.05) is 6.07 Å². The fourth-order valence-electron chi connectivity index (χ4n) is 1.94. The summed E-state index contributed by atoms with van der Waals surface area (Å²) in [5.74, 6) is 0.619. The van der Waals surface area contributed by atoms with E-state index >= 15 is 0 Å². The first-order chi connectivity index (χ1) is 12.4. The molecule has 146 valence electrons. The monoisotopic (exact) mass is 372 g/mol. The molecule has 0 saturated heterocycles. The van der Waals surface area contributed by atoms with Crippen LogP contribution >= 0.6 is 0 Å². The summed E-state index contributed by atoms with van der Waals surface area (Å²) >= 11 is 0. The van der Waals surface area contributed by atoms with Crippen LogP contribution < -0.4 is 20.1 Å². The summed E-state index contributed by atoms with van der Waals surface area (Å²) in [6, 6.07) is 4.68. The van der Waals surface area contributed by atoms with Gasteiger partial charge in [-0.2, -0.15) is 8.78 Å². The fourth-order valence-corrected chi connectivity index (χ4v) is 1.94. The first-order valence-corrected chi connectivity index (χ1v) is 8.30. The number of rotatable bonds is 9. The Kier molecular flexibility index (Phi) is 9.18. The predicted octanol–water partition coefficient (Wildman–Crippen LogP) is 1.83. The van der Waals surface area contributed by atoms with E-state index in [-0.39, 0.29) is 30.5 Å². The number of carbonyl (C=O) groups is 1. The lowest BCUT2D eigenvalue weighted by molar-refractivity contribution is -0.127. The Morgan fingerprint density at radius 3 is 2.54 bits per heavy atom. The number of guanidine groups is 1. The number of ether oxygens (including phenoxy) is 2. The third kappa shape index (κ3) is 7.54. The minimum absolute atomic E-state index is 0.0174. The van der Waals surface area contributed by atoms with Crippen LogP contribution in [0.15, 0.2) is 23.2 Å². The van der Waals surface area contributed by atoms with Gasteiger partial charge in [0.15, 0.2) is 17.5 Å². The molecule has 0 aromatic heterocycles. The zero-order chi connectivity index (χ0) is 19.5. The van der Waals surface area contributed by atoms with Crippen molar-refractivity contribution in [2.24, 2.45) is 4.99 Å². The molecule has 0 heterocycles. The molecule has 26 heavy (non-hydrogen) atoms. The number of likely N-dealkylation sites (N-methyl/N-ethyl adjacent to an activating group) is 1. The molecule has 2 N–H and O–H groups in total. The normalized spacial score (nSPS) is 11.3. The quantitative estimate of drug-likeness (QED) is 0.511. The lowest BCUT2D eigenvalue weighted by atomic mass is 10.2. The van der Waals surface area contributed by atoms with Gasteiger partial charge in [0.2, 0.25) is 5.91 Å². The molecule has 1 aromatic carbocycles. The van der Waals surface area contributed by atoms with Gasteiger partial charge in [-0.3, -0.25) is 4.79 Å². The van der Waals surface area contributed by atoms with E-state index in [1.54, 1.807) is 33.2 Å². The van der Waals surface area contributed by atoms with Crippen LogP contribution in [-0.2, 0) is 11.3 Å². The van der Waals surface area contributed by atoms with Crippen molar-refractivity contribution in [3.8, 4) is 11.5 Å². The summed E-state index contributed by atoms with van der Waals surface area (Å²) in [6.45, 7) is 2.10. The standard InChI is InChI=1S/C17H26F2N4O3/c1-5-20-17(22-11-15(24)23(3)4)21-10-12-7-8-13(26-16(18)19)14(9-12)25-6-2/h7-9,16H,5-6,10-11H2,1-4H3,(H2,20,21,22). The van der Waals surface area contributed by atoms with Crippen molar-refractivity contribution < 1.29 is 23.0 Å². The number of nitrogens with one attached hydrogen (secondary N) is 2. The number of nitrogens with zero attached hydrogens (tertiary/aromatic N) is 2. The predicted molar refractivity (Wildman–Crippen MR) is 95.8 cm³/mol. The summed E-state index contributed by atoms with van der Waals surface area (Å²) in [4.78, 5) is 17.5. The number of aliphatic imine (C=N–C) groups is 1. The van der Waals surface area contributed by atoms with Gasteiger partial charge in [-0.05, 0) is 31.5 Å².